The molecule has 246 valence electrons. The van der Waals surface area contributed by atoms with Crippen LogP contribution in [0.25, 0.3) is 62.7 Å². The molecule has 1 aromatic carbocycles. The van der Waals surface area contributed by atoms with Gasteiger partial charge in [0.2, 0.25) is 0 Å². The van der Waals surface area contributed by atoms with Gasteiger partial charge in [0.05, 0.1) is 26.4 Å². The van der Waals surface area contributed by atoms with Gasteiger partial charge in [0.15, 0.2) is 0 Å². The van der Waals surface area contributed by atoms with E-state index < -0.39 is 16.7 Å². The third-order valence-electron chi connectivity index (χ3n) is 6.28. The second-order valence-corrected chi connectivity index (χ2v) is 10.0. The van der Waals surface area contributed by atoms with Gasteiger partial charge in [0.1, 0.15) is 0 Å². The minimum absolute atomic E-state index is 0.0532. The average molecular weight is 648 g/mol. The van der Waals surface area contributed by atoms with Crippen molar-refractivity contribution in [3.05, 3.63) is 122 Å². The number of nitrogens with one attached hydrogen (secondary N) is 1. The lowest BCUT2D eigenvalue weighted by atomic mass is 9.89. The first kappa shape index (κ1) is 39.0. The highest BCUT2D eigenvalue weighted by Crippen LogP contribution is 2.24. The Morgan fingerprint density at radius 3 is 1.40 bits per heavy atom. The number of carbonyl (C=O) groups excluding carboxylic acids is 1. The Bertz CT molecular complexity index is 1340. The highest BCUT2D eigenvalue weighted by molar-refractivity contribution is 5.95. The van der Waals surface area contributed by atoms with Crippen LogP contribution < -0.4 is 5.32 Å². The number of hydrogen-bond acceptors (Lipinski definition) is 9. The lowest BCUT2D eigenvalue weighted by Crippen LogP contribution is -2.36. The van der Waals surface area contributed by atoms with Gasteiger partial charge in [-0.1, -0.05) is 55.8 Å². The Hall–Kier alpha value is -6.05. The smallest absolute Gasteiger partial charge is 0.255 e. The molecular formula is C25H33N19O3. The first-order valence-electron chi connectivity index (χ1n) is 13.8. The largest absolute Gasteiger partial charge is 0.376 e. The summed E-state index contributed by atoms with van der Waals surface area (Å²) in [7, 11) is 0. The molecule has 0 saturated carbocycles. The molecular weight excluding hydrogens is 614 g/mol. The van der Waals surface area contributed by atoms with Crippen molar-refractivity contribution in [3.63, 3.8) is 0 Å². The summed E-state index contributed by atoms with van der Waals surface area (Å²) in [5, 5.41) is 24.0. The van der Waals surface area contributed by atoms with E-state index in [1.54, 1.807) is 30.4 Å². The highest BCUT2D eigenvalue weighted by atomic mass is 16.5. The Kier molecular flexibility index (Phi) is 19.4. The van der Waals surface area contributed by atoms with Gasteiger partial charge in [-0.3, -0.25) is 4.79 Å². The number of carbonyl (C=O) groups is 1. The zero-order chi connectivity index (χ0) is 34.6. The summed E-state index contributed by atoms with van der Waals surface area (Å²) in [6.07, 6.45) is 7.68. The van der Waals surface area contributed by atoms with Crippen molar-refractivity contribution >= 4 is 5.91 Å². The molecule has 47 heavy (non-hydrogen) atoms. The van der Waals surface area contributed by atoms with Gasteiger partial charge in [0.25, 0.3) is 5.91 Å². The summed E-state index contributed by atoms with van der Waals surface area (Å²) >= 11 is 0. The van der Waals surface area contributed by atoms with Crippen LogP contribution in [0.15, 0.2) is 73.3 Å². The van der Waals surface area contributed by atoms with Crippen LogP contribution in [0.4, 0.5) is 0 Å². The summed E-state index contributed by atoms with van der Waals surface area (Å²) in [6.45, 7) is 0.565. The van der Waals surface area contributed by atoms with Crippen molar-refractivity contribution in [2.24, 2.45) is 41.5 Å². The second-order valence-electron chi connectivity index (χ2n) is 10.0. The van der Waals surface area contributed by atoms with Crippen molar-refractivity contribution in [3.8, 4) is 0 Å². The third-order valence-corrected chi connectivity index (χ3v) is 6.28. The van der Waals surface area contributed by atoms with Crippen molar-refractivity contribution in [1.29, 1.82) is 0 Å². The Morgan fingerprint density at radius 1 is 0.681 bits per heavy atom. The molecule has 1 amide bonds. The van der Waals surface area contributed by atoms with E-state index in [0.717, 1.165) is 6.42 Å². The molecule has 1 rings (SSSR count). The second kappa shape index (κ2) is 23.3. The fourth-order valence-electron chi connectivity index (χ4n) is 3.97. The molecule has 0 heterocycles. The predicted molar refractivity (Wildman–Crippen MR) is 171 cm³/mol. The first-order chi connectivity index (χ1) is 22.9. The van der Waals surface area contributed by atoms with Gasteiger partial charge >= 0.3 is 0 Å². The molecule has 0 atom stereocenters. The number of azide groups is 6. The van der Waals surface area contributed by atoms with E-state index in [0.29, 0.717) is 11.1 Å². The summed E-state index contributed by atoms with van der Waals surface area (Å²) in [5.74, 6) is -0.428. The number of allylic oxidation sites excluding steroid dienone is 3. The van der Waals surface area contributed by atoms with Crippen molar-refractivity contribution in [2.75, 3.05) is 52.5 Å². The van der Waals surface area contributed by atoms with E-state index in [-0.39, 0.29) is 71.3 Å². The van der Waals surface area contributed by atoms with Gasteiger partial charge < -0.3 is 14.8 Å². The maximum absolute atomic E-state index is 13.0. The number of nitrogens with zero attached hydrogens (tertiary/aromatic N) is 18. The van der Waals surface area contributed by atoms with Gasteiger partial charge in [-0.05, 0) is 68.9 Å². The van der Waals surface area contributed by atoms with E-state index in [1.807, 2.05) is 13.0 Å². The minimum Gasteiger partial charge on any atom is -0.376 e. The molecule has 22 nitrogen and oxygen atoms in total. The van der Waals surface area contributed by atoms with E-state index in [4.69, 9.17) is 42.7 Å². The van der Waals surface area contributed by atoms with E-state index in [9.17, 15) is 4.79 Å². The molecule has 0 fully saturated rings. The lowest BCUT2D eigenvalue weighted by molar-refractivity contribution is 0.0432. The molecule has 0 unspecified atom stereocenters. The van der Waals surface area contributed by atoms with Crippen LogP contribution in [0.3, 0.4) is 0 Å². The van der Waals surface area contributed by atoms with Crippen LogP contribution in [0, 0.1) is 10.8 Å². The number of benzene rings is 1. The zero-order valence-corrected chi connectivity index (χ0v) is 25.6. The summed E-state index contributed by atoms with van der Waals surface area (Å²) in [5.41, 5.74) is 52.2. The number of rotatable bonds is 24. The van der Waals surface area contributed by atoms with E-state index in [1.165, 1.54) is 6.20 Å². The van der Waals surface area contributed by atoms with Gasteiger partial charge in [-0.25, -0.2) is 0 Å². The zero-order valence-electron chi connectivity index (χ0n) is 25.6. The van der Waals surface area contributed by atoms with Crippen molar-refractivity contribution < 1.29 is 14.3 Å². The van der Waals surface area contributed by atoms with Crippen LogP contribution in [-0.2, 0) is 22.7 Å². The summed E-state index contributed by atoms with van der Waals surface area (Å²) < 4.78 is 11.8. The lowest BCUT2D eigenvalue weighted by Gasteiger charge is -2.29. The number of ether oxygens (including phenoxy) is 2. The Labute approximate surface area is 268 Å². The van der Waals surface area contributed by atoms with Crippen LogP contribution in [-0.4, -0.2) is 58.4 Å². The maximum atomic E-state index is 13.0. The molecule has 0 radical (unpaired) electrons. The van der Waals surface area contributed by atoms with Crippen LogP contribution in [0.2, 0.25) is 0 Å². The quantitative estimate of drug-likeness (QED) is 0.0508. The van der Waals surface area contributed by atoms with Gasteiger partial charge in [-0.2, -0.15) is 0 Å². The molecule has 0 saturated heterocycles. The third kappa shape index (κ3) is 15.5. The predicted octanol–water partition coefficient (Wildman–Crippen LogP) is 7.76. The highest BCUT2D eigenvalue weighted by Gasteiger charge is 2.30. The average Bonchev–Trinajstić information content (AvgIpc) is 3.08. The summed E-state index contributed by atoms with van der Waals surface area (Å²) in [6, 6.07) is 4.90. The Balaban J connectivity index is 3.36. The first-order valence-corrected chi connectivity index (χ1v) is 13.8. The van der Waals surface area contributed by atoms with Crippen molar-refractivity contribution in [1.82, 2.24) is 5.32 Å². The SMILES string of the molecule is CCC=C/C=C/NC(=O)c1cc(COCC(CN=[N+]=[N-])(CN=[N+]=[N-])CN=[N+]=[N-])cc(COCC(CN=[N+]=[N-])(CN=[N+]=[N-])CN=[N+]=[N-])c1. The number of amides is 1. The van der Waals surface area contributed by atoms with Gasteiger partial charge in [0, 0.05) is 91.3 Å². The molecule has 1 aromatic rings. The fraction of sp³-hybridized carbons (Fsp3) is 0.560. The normalized spacial score (nSPS) is 12.9. The molecule has 0 bridgehead atoms. The van der Waals surface area contributed by atoms with E-state index >= 15 is 0 Å². The fourth-order valence-corrected chi connectivity index (χ4v) is 3.97. The molecule has 0 aliphatic carbocycles. The Morgan fingerprint density at radius 2 is 1.06 bits per heavy atom. The molecule has 1 N–H and O–H groups in total. The number of hydrogen-bond donors (Lipinski definition) is 1. The summed E-state index contributed by atoms with van der Waals surface area (Å²) in [4.78, 5) is 29.5. The van der Waals surface area contributed by atoms with Gasteiger partial charge in [-0.15, -0.1) is 0 Å². The van der Waals surface area contributed by atoms with Crippen LogP contribution >= 0.6 is 0 Å². The van der Waals surface area contributed by atoms with E-state index in [2.05, 4.69) is 65.5 Å². The van der Waals surface area contributed by atoms with Crippen molar-refractivity contribution in [2.45, 2.75) is 26.6 Å². The standard InChI is InChI=1S/C25H33N19O3/c1-2-3-4-5-6-32-23(45)22-8-20(10-46-18-24(12-33-39-26,13-34-40-27)14-35-41-28)7-21(9-22)11-47-19-25(15-36-42-29,16-37-43-30)17-38-44-31/h3-9H,2,10-19H2,1H3,(H,32,45)/b4-3?,6-5+. The monoisotopic (exact) mass is 647 g/mol. The topological polar surface area (TPSA) is 340 Å². The molecule has 22 heteroatoms. The molecule has 0 aliphatic rings. The minimum atomic E-state index is -1.12. The van der Waals surface area contributed by atoms with Crippen LogP contribution in [0.1, 0.15) is 34.8 Å². The maximum Gasteiger partial charge on any atom is 0.255 e. The molecule has 0 aliphatic heterocycles. The van der Waals surface area contributed by atoms with Crippen LogP contribution in [0.5, 0.6) is 0 Å². The molecule has 0 spiro atoms. The molecule has 0 aromatic heterocycles.